The molecule has 1 unspecified atom stereocenters. The van der Waals surface area contributed by atoms with Crippen molar-refractivity contribution in [3.63, 3.8) is 0 Å². The topological polar surface area (TPSA) is 65.4 Å². The van der Waals surface area contributed by atoms with Crippen molar-refractivity contribution in [2.75, 3.05) is 18.5 Å². The minimum absolute atomic E-state index is 0.0163. The molecule has 122 valence electrons. The molecule has 5 nitrogen and oxygen atoms in total. The standard InChI is InChI=1S/C19H19N3O2/c1-14-19(23)21-17-8-4-2-7-16(17)13-22(14)10-11-24-18-9-5-3-6-15(18)12-20/h2-9,14H,10-11,13H2,1H3,(H,21,23). The summed E-state index contributed by atoms with van der Waals surface area (Å²) in [4.78, 5) is 14.4. The number of ether oxygens (including phenoxy) is 1. The van der Waals surface area contributed by atoms with Gasteiger partial charge in [-0.05, 0) is 30.7 Å². The van der Waals surface area contributed by atoms with Crippen molar-refractivity contribution in [3.05, 3.63) is 59.7 Å². The van der Waals surface area contributed by atoms with E-state index in [-0.39, 0.29) is 11.9 Å². The number of anilines is 1. The van der Waals surface area contributed by atoms with Crippen LogP contribution in [0.4, 0.5) is 5.69 Å². The van der Waals surface area contributed by atoms with E-state index in [1.165, 1.54) is 0 Å². The molecule has 1 heterocycles. The lowest BCUT2D eigenvalue weighted by atomic mass is 10.1. The zero-order chi connectivity index (χ0) is 16.9. The number of fused-ring (bicyclic) bond motifs is 1. The predicted octanol–water partition coefficient (Wildman–Crippen LogP) is 2.78. The Morgan fingerprint density at radius 2 is 2.00 bits per heavy atom. The van der Waals surface area contributed by atoms with E-state index in [1.54, 1.807) is 12.1 Å². The van der Waals surface area contributed by atoms with Gasteiger partial charge in [-0.1, -0.05) is 30.3 Å². The molecular weight excluding hydrogens is 302 g/mol. The van der Waals surface area contributed by atoms with Gasteiger partial charge in [-0.2, -0.15) is 5.26 Å². The monoisotopic (exact) mass is 321 g/mol. The van der Waals surface area contributed by atoms with Crippen molar-refractivity contribution in [3.8, 4) is 11.8 Å². The highest BCUT2D eigenvalue weighted by atomic mass is 16.5. The fraction of sp³-hybridized carbons (Fsp3) is 0.263. The number of para-hydroxylation sites is 2. The van der Waals surface area contributed by atoms with E-state index >= 15 is 0 Å². The number of nitrogens with one attached hydrogen (secondary N) is 1. The first-order chi connectivity index (χ1) is 11.7. The van der Waals surface area contributed by atoms with Crippen molar-refractivity contribution >= 4 is 11.6 Å². The summed E-state index contributed by atoms with van der Waals surface area (Å²) in [5.41, 5.74) is 2.48. The van der Waals surface area contributed by atoms with Crippen LogP contribution in [0.1, 0.15) is 18.1 Å². The molecule has 0 spiro atoms. The van der Waals surface area contributed by atoms with Crippen molar-refractivity contribution in [2.45, 2.75) is 19.5 Å². The molecule has 0 aromatic heterocycles. The van der Waals surface area contributed by atoms with Crippen LogP contribution in [0.15, 0.2) is 48.5 Å². The van der Waals surface area contributed by atoms with Crippen LogP contribution in [0, 0.1) is 11.3 Å². The Bertz CT molecular complexity index is 782. The van der Waals surface area contributed by atoms with Gasteiger partial charge in [0.15, 0.2) is 0 Å². The normalized spacial score (nSPS) is 17.3. The summed E-state index contributed by atoms with van der Waals surface area (Å²) in [6, 6.07) is 16.9. The number of carbonyl (C=O) groups is 1. The lowest BCUT2D eigenvalue weighted by Crippen LogP contribution is -2.41. The van der Waals surface area contributed by atoms with E-state index in [2.05, 4.69) is 16.3 Å². The average molecular weight is 321 g/mol. The molecule has 1 amide bonds. The molecular formula is C19H19N3O2. The molecule has 0 radical (unpaired) electrons. The highest BCUT2D eigenvalue weighted by Gasteiger charge is 2.26. The molecule has 5 heteroatoms. The van der Waals surface area contributed by atoms with Gasteiger partial charge < -0.3 is 10.1 Å². The maximum atomic E-state index is 12.3. The third kappa shape index (κ3) is 3.39. The average Bonchev–Trinajstić information content (AvgIpc) is 2.73. The lowest BCUT2D eigenvalue weighted by Gasteiger charge is -2.25. The molecule has 1 atom stereocenters. The van der Waals surface area contributed by atoms with E-state index < -0.39 is 0 Å². The molecule has 0 fully saturated rings. The Morgan fingerprint density at radius 3 is 2.83 bits per heavy atom. The second-order valence-electron chi connectivity index (χ2n) is 5.75. The first kappa shape index (κ1) is 16.0. The summed E-state index contributed by atoms with van der Waals surface area (Å²) in [5, 5.41) is 12.1. The molecule has 0 aliphatic carbocycles. The highest BCUT2D eigenvalue weighted by Crippen LogP contribution is 2.23. The maximum Gasteiger partial charge on any atom is 0.241 e. The first-order valence-electron chi connectivity index (χ1n) is 7.94. The van der Waals surface area contributed by atoms with E-state index in [9.17, 15) is 4.79 Å². The van der Waals surface area contributed by atoms with Crippen LogP contribution in [0.5, 0.6) is 5.75 Å². The largest absolute Gasteiger partial charge is 0.491 e. The Balaban J connectivity index is 1.68. The summed E-state index contributed by atoms with van der Waals surface area (Å²) in [7, 11) is 0. The third-order valence-corrected chi connectivity index (χ3v) is 4.22. The quantitative estimate of drug-likeness (QED) is 0.940. The van der Waals surface area contributed by atoms with E-state index in [0.717, 1.165) is 11.3 Å². The molecule has 1 aliphatic rings. The number of nitrogens with zero attached hydrogens (tertiary/aromatic N) is 2. The van der Waals surface area contributed by atoms with Crippen LogP contribution in [0.2, 0.25) is 0 Å². The maximum absolute atomic E-state index is 12.3. The highest BCUT2D eigenvalue weighted by molar-refractivity contribution is 5.95. The summed E-state index contributed by atoms with van der Waals surface area (Å²) < 4.78 is 5.75. The Morgan fingerprint density at radius 1 is 1.25 bits per heavy atom. The second kappa shape index (κ2) is 7.16. The molecule has 2 aromatic carbocycles. The SMILES string of the molecule is CC1C(=O)Nc2ccccc2CN1CCOc1ccccc1C#N. The number of amides is 1. The third-order valence-electron chi connectivity index (χ3n) is 4.22. The Labute approximate surface area is 141 Å². The Kier molecular flexibility index (Phi) is 4.78. The molecule has 24 heavy (non-hydrogen) atoms. The fourth-order valence-corrected chi connectivity index (χ4v) is 2.77. The van der Waals surface area contributed by atoms with Crippen LogP contribution in [-0.4, -0.2) is 30.0 Å². The summed E-state index contributed by atoms with van der Waals surface area (Å²) >= 11 is 0. The van der Waals surface area contributed by atoms with Crippen molar-refractivity contribution in [1.29, 1.82) is 5.26 Å². The van der Waals surface area contributed by atoms with Crippen molar-refractivity contribution < 1.29 is 9.53 Å². The molecule has 0 saturated carbocycles. The number of rotatable bonds is 4. The fourth-order valence-electron chi connectivity index (χ4n) is 2.77. The van der Waals surface area contributed by atoms with Crippen LogP contribution < -0.4 is 10.1 Å². The van der Waals surface area contributed by atoms with E-state index in [4.69, 9.17) is 10.00 Å². The van der Waals surface area contributed by atoms with Gasteiger partial charge in [-0.25, -0.2) is 0 Å². The predicted molar refractivity (Wildman–Crippen MR) is 91.6 cm³/mol. The minimum Gasteiger partial charge on any atom is -0.491 e. The van der Waals surface area contributed by atoms with Crippen LogP contribution in [-0.2, 0) is 11.3 Å². The zero-order valence-corrected chi connectivity index (χ0v) is 13.5. The molecule has 3 rings (SSSR count). The molecule has 2 aromatic rings. The van der Waals surface area contributed by atoms with Gasteiger partial charge in [-0.3, -0.25) is 9.69 Å². The second-order valence-corrected chi connectivity index (χ2v) is 5.75. The first-order valence-corrected chi connectivity index (χ1v) is 7.94. The zero-order valence-electron chi connectivity index (χ0n) is 13.5. The number of benzene rings is 2. The molecule has 0 saturated heterocycles. The van der Waals surface area contributed by atoms with Gasteiger partial charge in [0.05, 0.1) is 11.6 Å². The smallest absolute Gasteiger partial charge is 0.241 e. The summed E-state index contributed by atoms with van der Waals surface area (Å²) in [5.74, 6) is 0.560. The van der Waals surface area contributed by atoms with Crippen molar-refractivity contribution in [1.82, 2.24) is 4.90 Å². The van der Waals surface area contributed by atoms with Gasteiger partial charge in [0.1, 0.15) is 18.4 Å². The van der Waals surface area contributed by atoms with Gasteiger partial charge >= 0.3 is 0 Å². The number of hydrogen-bond acceptors (Lipinski definition) is 4. The molecule has 1 N–H and O–H groups in total. The molecule has 0 bridgehead atoms. The van der Waals surface area contributed by atoms with Gasteiger partial charge in [-0.15, -0.1) is 0 Å². The van der Waals surface area contributed by atoms with Gasteiger partial charge in [0, 0.05) is 18.8 Å². The number of carbonyl (C=O) groups excluding carboxylic acids is 1. The Hall–Kier alpha value is -2.84. The lowest BCUT2D eigenvalue weighted by molar-refractivity contribution is -0.120. The van der Waals surface area contributed by atoms with Crippen molar-refractivity contribution in [2.24, 2.45) is 0 Å². The molecule has 1 aliphatic heterocycles. The van der Waals surface area contributed by atoms with E-state index in [1.807, 2.05) is 43.3 Å². The number of hydrogen-bond donors (Lipinski definition) is 1. The van der Waals surface area contributed by atoms with E-state index in [0.29, 0.717) is 31.0 Å². The summed E-state index contributed by atoms with van der Waals surface area (Å²) in [6.45, 7) is 3.59. The summed E-state index contributed by atoms with van der Waals surface area (Å²) in [6.07, 6.45) is 0. The van der Waals surface area contributed by atoms with Gasteiger partial charge in [0.2, 0.25) is 5.91 Å². The van der Waals surface area contributed by atoms with Crippen LogP contribution in [0.25, 0.3) is 0 Å². The van der Waals surface area contributed by atoms with Crippen LogP contribution in [0.3, 0.4) is 0 Å². The van der Waals surface area contributed by atoms with Gasteiger partial charge in [0.25, 0.3) is 0 Å². The van der Waals surface area contributed by atoms with Crippen LogP contribution >= 0.6 is 0 Å². The number of nitriles is 1. The minimum atomic E-state index is -0.243.